The molecule has 7 nitrogen and oxygen atoms in total. The lowest BCUT2D eigenvalue weighted by Crippen LogP contribution is -2.33. The van der Waals surface area contributed by atoms with E-state index in [9.17, 15) is 9.59 Å². The van der Waals surface area contributed by atoms with Crippen molar-refractivity contribution < 1.29 is 23.4 Å². The molecule has 1 aromatic heterocycles. The molecule has 0 aliphatic carbocycles. The number of carbonyl (C=O) groups excluding carboxylic acids is 1. The minimum Gasteiger partial charge on any atom is -0.493 e. The molecule has 0 aliphatic rings. The molecule has 0 saturated carbocycles. The molecule has 0 atom stereocenters. The minimum atomic E-state index is -0.430. The van der Waals surface area contributed by atoms with Gasteiger partial charge in [-0.15, -0.1) is 0 Å². The van der Waals surface area contributed by atoms with Crippen LogP contribution in [0, 0.1) is 0 Å². The molecule has 1 amide bonds. The first kappa shape index (κ1) is 20.3. The van der Waals surface area contributed by atoms with Crippen LogP contribution in [-0.4, -0.2) is 45.2 Å². The van der Waals surface area contributed by atoms with Gasteiger partial charge in [0.2, 0.25) is 0 Å². The Morgan fingerprint density at radius 3 is 2.52 bits per heavy atom. The number of nitrogens with zero attached hydrogens (tertiary/aromatic N) is 1. The van der Waals surface area contributed by atoms with Crippen molar-refractivity contribution in [1.82, 2.24) is 4.90 Å². The number of amides is 1. The fourth-order valence-electron chi connectivity index (χ4n) is 2.84. The van der Waals surface area contributed by atoms with Crippen LogP contribution in [0.1, 0.15) is 5.56 Å². The van der Waals surface area contributed by atoms with Crippen LogP contribution in [0.3, 0.4) is 0 Å². The van der Waals surface area contributed by atoms with Gasteiger partial charge in [-0.25, -0.2) is 4.79 Å². The van der Waals surface area contributed by atoms with Crippen LogP contribution >= 0.6 is 0 Å². The summed E-state index contributed by atoms with van der Waals surface area (Å²) in [5, 5.41) is 0.787. The van der Waals surface area contributed by atoms with Crippen molar-refractivity contribution in [3.05, 3.63) is 64.5 Å². The Balaban J connectivity index is 1.55. The predicted octanol–water partition coefficient (Wildman–Crippen LogP) is 2.89. The molecule has 29 heavy (non-hydrogen) atoms. The Morgan fingerprint density at radius 1 is 1.00 bits per heavy atom. The predicted molar refractivity (Wildman–Crippen MR) is 109 cm³/mol. The second-order valence-corrected chi connectivity index (χ2v) is 6.50. The van der Waals surface area contributed by atoms with Gasteiger partial charge in [-0.1, -0.05) is 6.07 Å². The first-order chi connectivity index (χ1) is 14.0. The average molecular weight is 397 g/mol. The molecule has 7 heteroatoms. The summed E-state index contributed by atoms with van der Waals surface area (Å²) in [4.78, 5) is 25.3. The number of likely N-dealkylation sites (N-methyl/N-ethyl adjacent to an activating group) is 1. The van der Waals surface area contributed by atoms with Crippen LogP contribution < -0.4 is 19.8 Å². The maximum Gasteiger partial charge on any atom is 0.336 e. The molecule has 1 heterocycles. The molecule has 0 N–H and O–H groups in total. The van der Waals surface area contributed by atoms with Crippen molar-refractivity contribution in [3.63, 3.8) is 0 Å². The maximum atomic E-state index is 12.4. The van der Waals surface area contributed by atoms with E-state index < -0.39 is 5.63 Å². The number of rotatable bonds is 8. The van der Waals surface area contributed by atoms with Gasteiger partial charge < -0.3 is 23.5 Å². The highest BCUT2D eigenvalue weighted by Gasteiger charge is 2.11. The molecule has 0 radical (unpaired) electrons. The summed E-state index contributed by atoms with van der Waals surface area (Å²) in [7, 11) is 4.91. The molecule has 0 aliphatic heterocycles. The molecule has 0 saturated heterocycles. The van der Waals surface area contributed by atoms with E-state index in [4.69, 9.17) is 18.6 Å². The monoisotopic (exact) mass is 397 g/mol. The highest BCUT2D eigenvalue weighted by atomic mass is 16.5. The zero-order valence-electron chi connectivity index (χ0n) is 16.6. The molecule has 0 bridgehead atoms. The zero-order chi connectivity index (χ0) is 20.8. The van der Waals surface area contributed by atoms with Crippen LogP contribution in [0.25, 0.3) is 11.0 Å². The lowest BCUT2D eigenvalue weighted by Gasteiger charge is -2.18. The molecular formula is C22H23NO6. The average Bonchev–Trinajstić information content (AvgIpc) is 2.75. The lowest BCUT2D eigenvalue weighted by molar-refractivity contribution is -0.132. The molecular weight excluding hydrogens is 374 g/mol. The van der Waals surface area contributed by atoms with Crippen molar-refractivity contribution in [3.8, 4) is 17.2 Å². The molecule has 0 spiro atoms. The van der Waals surface area contributed by atoms with Gasteiger partial charge in [-0.2, -0.15) is 0 Å². The quantitative estimate of drug-likeness (QED) is 0.544. The Kier molecular flexibility index (Phi) is 6.39. The Morgan fingerprint density at radius 2 is 1.76 bits per heavy atom. The molecule has 152 valence electrons. The van der Waals surface area contributed by atoms with Gasteiger partial charge in [0.25, 0.3) is 5.91 Å². The number of hydrogen-bond acceptors (Lipinski definition) is 6. The Hall–Kier alpha value is -3.48. The van der Waals surface area contributed by atoms with E-state index in [2.05, 4.69) is 0 Å². The first-order valence-corrected chi connectivity index (χ1v) is 9.11. The van der Waals surface area contributed by atoms with E-state index in [0.717, 1.165) is 10.9 Å². The Bertz CT molecular complexity index is 1060. The van der Waals surface area contributed by atoms with Crippen molar-refractivity contribution in [2.75, 3.05) is 34.4 Å². The van der Waals surface area contributed by atoms with Gasteiger partial charge in [-0.05, 0) is 42.3 Å². The molecule has 0 fully saturated rings. The van der Waals surface area contributed by atoms with Gasteiger partial charge in [0, 0.05) is 31.1 Å². The van der Waals surface area contributed by atoms with Crippen LogP contribution in [-0.2, 0) is 11.2 Å². The van der Waals surface area contributed by atoms with Crippen LogP contribution in [0.4, 0.5) is 0 Å². The fourth-order valence-corrected chi connectivity index (χ4v) is 2.84. The number of ether oxygens (including phenoxy) is 3. The number of benzene rings is 2. The molecule has 3 rings (SSSR count). The van der Waals surface area contributed by atoms with Crippen LogP contribution in [0.5, 0.6) is 17.2 Å². The molecule has 3 aromatic rings. The summed E-state index contributed by atoms with van der Waals surface area (Å²) in [5.41, 5.74) is 1.03. The standard InChI is InChI=1S/C22H23NO6/c1-23(11-10-15-4-8-18(26-2)20(12-15)27-3)21(24)14-28-17-7-5-16-6-9-22(25)29-19(16)13-17/h4-9,12-13H,10-11,14H2,1-3H3. The number of methoxy groups -OCH3 is 2. The van der Waals surface area contributed by atoms with E-state index in [1.165, 1.54) is 6.07 Å². The minimum absolute atomic E-state index is 0.106. The second kappa shape index (κ2) is 9.14. The Labute approximate surface area is 168 Å². The largest absolute Gasteiger partial charge is 0.493 e. The first-order valence-electron chi connectivity index (χ1n) is 9.11. The van der Waals surface area contributed by atoms with Gasteiger partial charge in [0.05, 0.1) is 14.2 Å². The zero-order valence-corrected chi connectivity index (χ0v) is 16.6. The third-order valence-electron chi connectivity index (χ3n) is 4.57. The van der Waals surface area contributed by atoms with Crippen molar-refractivity contribution in [2.24, 2.45) is 0 Å². The maximum absolute atomic E-state index is 12.4. The van der Waals surface area contributed by atoms with E-state index in [1.807, 2.05) is 18.2 Å². The number of fused-ring (bicyclic) bond motifs is 1. The van der Waals surface area contributed by atoms with Crippen molar-refractivity contribution in [1.29, 1.82) is 0 Å². The van der Waals surface area contributed by atoms with E-state index in [0.29, 0.717) is 35.8 Å². The molecule has 0 unspecified atom stereocenters. The smallest absolute Gasteiger partial charge is 0.336 e. The lowest BCUT2D eigenvalue weighted by atomic mass is 10.1. The third kappa shape index (κ3) is 5.07. The van der Waals surface area contributed by atoms with Crippen molar-refractivity contribution in [2.45, 2.75) is 6.42 Å². The van der Waals surface area contributed by atoms with Crippen LogP contribution in [0.2, 0.25) is 0 Å². The fraction of sp³-hybridized carbons (Fsp3) is 0.273. The van der Waals surface area contributed by atoms with Gasteiger partial charge in [-0.3, -0.25) is 4.79 Å². The highest BCUT2D eigenvalue weighted by molar-refractivity contribution is 5.79. The third-order valence-corrected chi connectivity index (χ3v) is 4.57. The van der Waals surface area contributed by atoms with Gasteiger partial charge in [0.15, 0.2) is 18.1 Å². The summed E-state index contributed by atoms with van der Waals surface area (Å²) in [6, 6.07) is 13.8. The van der Waals surface area contributed by atoms with Gasteiger partial charge in [0.1, 0.15) is 11.3 Å². The SMILES string of the molecule is COc1ccc(CCN(C)C(=O)COc2ccc3ccc(=O)oc3c2)cc1OC. The van der Waals surface area contributed by atoms with Crippen LogP contribution in [0.15, 0.2) is 57.7 Å². The topological polar surface area (TPSA) is 78.2 Å². The summed E-state index contributed by atoms with van der Waals surface area (Å²) in [6.45, 7) is 0.426. The number of carbonyl (C=O) groups is 1. The van der Waals surface area contributed by atoms with E-state index >= 15 is 0 Å². The summed E-state index contributed by atoms with van der Waals surface area (Å²) < 4.78 is 21.2. The summed E-state index contributed by atoms with van der Waals surface area (Å²) in [6.07, 6.45) is 0.670. The highest BCUT2D eigenvalue weighted by Crippen LogP contribution is 2.27. The van der Waals surface area contributed by atoms with Crippen molar-refractivity contribution >= 4 is 16.9 Å². The number of hydrogen-bond donors (Lipinski definition) is 0. The molecule has 2 aromatic carbocycles. The van der Waals surface area contributed by atoms with E-state index in [1.54, 1.807) is 50.4 Å². The summed E-state index contributed by atoms with van der Waals surface area (Å²) >= 11 is 0. The van der Waals surface area contributed by atoms with Gasteiger partial charge >= 0.3 is 5.63 Å². The normalized spacial score (nSPS) is 10.6. The summed E-state index contributed by atoms with van der Waals surface area (Å²) in [5.74, 6) is 1.64. The second-order valence-electron chi connectivity index (χ2n) is 6.50. The van der Waals surface area contributed by atoms with E-state index in [-0.39, 0.29) is 12.5 Å².